The van der Waals surface area contributed by atoms with Crippen LogP contribution >= 0.6 is 23.2 Å². The third kappa shape index (κ3) is 3.16. The molecule has 2 fully saturated rings. The zero-order valence-electron chi connectivity index (χ0n) is 11.4. The van der Waals surface area contributed by atoms with Gasteiger partial charge in [0.15, 0.2) is 0 Å². The van der Waals surface area contributed by atoms with Gasteiger partial charge in [0, 0.05) is 19.5 Å². The maximum Gasteiger partial charge on any atom is 0.245 e. The molecule has 3 rings (SSSR count). The van der Waals surface area contributed by atoms with Crippen LogP contribution in [0.2, 0.25) is 10.0 Å². The predicted octanol–water partition coefficient (Wildman–Crippen LogP) is 2.62. The quantitative estimate of drug-likeness (QED) is 0.928. The highest BCUT2D eigenvalue weighted by atomic mass is 35.5. The highest BCUT2D eigenvalue weighted by Gasteiger charge is 2.40. The van der Waals surface area contributed by atoms with E-state index >= 15 is 0 Å². The number of amides is 2. The molecule has 0 aromatic heterocycles. The van der Waals surface area contributed by atoms with Gasteiger partial charge in [-0.05, 0) is 30.4 Å². The Labute approximate surface area is 133 Å². The van der Waals surface area contributed by atoms with Crippen LogP contribution in [0.5, 0.6) is 0 Å². The van der Waals surface area contributed by atoms with Gasteiger partial charge in [0.2, 0.25) is 11.8 Å². The Balaban J connectivity index is 1.81. The minimum absolute atomic E-state index is 0.0145. The Morgan fingerprint density at radius 2 is 2.00 bits per heavy atom. The maximum absolute atomic E-state index is 12.6. The van der Waals surface area contributed by atoms with E-state index in [1.165, 1.54) is 0 Å². The first-order valence-corrected chi connectivity index (χ1v) is 7.83. The molecule has 0 radical (unpaired) electrons. The molecular formula is C15H16Cl2N2O2. The van der Waals surface area contributed by atoms with E-state index in [0.29, 0.717) is 29.6 Å². The zero-order valence-corrected chi connectivity index (χ0v) is 13.0. The summed E-state index contributed by atoms with van der Waals surface area (Å²) >= 11 is 12.2. The van der Waals surface area contributed by atoms with E-state index in [4.69, 9.17) is 23.2 Å². The standard InChI is InChI=1S/C15H16Cl2N2O2/c16-11-3-1-2-10(13(11)17)8-19-7-6-12(20)18-14(15(19)21)9-4-5-9/h1-3,9,14H,4-8H2,(H,18,20). The maximum atomic E-state index is 12.6. The molecule has 2 amide bonds. The number of nitrogens with one attached hydrogen (secondary N) is 1. The van der Waals surface area contributed by atoms with E-state index in [1.807, 2.05) is 12.1 Å². The fourth-order valence-electron chi connectivity index (χ4n) is 2.63. The lowest BCUT2D eigenvalue weighted by atomic mass is 10.1. The predicted molar refractivity (Wildman–Crippen MR) is 81.2 cm³/mol. The van der Waals surface area contributed by atoms with E-state index in [1.54, 1.807) is 11.0 Å². The van der Waals surface area contributed by atoms with Crippen LogP contribution in [0.1, 0.15) is 24.8 Å². The van der Waals surface area contributed by atoms with Crippen molar-refractivity contribution in [1.82, 2.24) is 10.2 Å². The molecule has 1 aliphatic carbocycles. The summed E-state index contributed by atoms with van der Waals surface area (Å²) in [5.74, 6) is 0.219. The van der Waals surface area contributed by atoms with Gasteiger partial charge in [-0.25, -0.2) is 0 Å². The molecule has 112 valence electrons. The highest BCUT2D eigenvalue weighted by molar-refractivity contribution is 6.42. The molecule has 1 aromatic rings. The van der Waals surface area contributed by atoms with Gasteiger partial charge in [-0.15, -0.1) is 0 Å². The topological polar surface area (TPSA) is 49.4 Å². The summed E-state index contributed by atoms with van der Waals surface area (Å²) < 4.78 is 0. The van der Waals surface area contributed by atoms with Gasteiger partial charge in [-0.2, -0.15) is 0 Å². The minimum Gasteiger partial charge on any atom is -0.344 e. The van der Waals surface area contributed by atoms with Crippen LogP contribution in [-0.2, 0) is 16.1 Å². The normalized spacial score (nSPS) is 23.0. The number of carbonyl (C=O) groups is 2. The fraction of sp³-hybridized carbons (Fsp3) is 0.467. The van der Waals surface area contributed by atoms with Crippen molar-refractivity contribution in [3.05, 3.63) is 33.8 Å². The second-order valence-corrected chi connectivity index (χ2v) is 6.39. The van der Waals surface area contributed by atoms with Crippen molar-refractivity contribution in [1.29, 1.82) is 0 Å². The molecule has 6 heteroatoms. The van der Waals surface area contributed by atoms with Crippen LogP contribution in [0, 0.1) is 5.92 Å². The molecule has 0 spiro atoms. The van der Waals surface area contributed by atoms with Crippen molar-refractivity contribution in [3.8, 4) is 0 Å². The minimum atomic E-state index is -0.377. The molecule has 1 heterocycles. The molecule has 1 aromatic carbocycles. The number of halogens is 2. The van der Waals surface area contributed by atoms with E-state index in [0.717, 1.165) is 18.4 Å². The summed E-state index contributed by atoms with van der Waals surface area (Å²) in [7, 11) is 0. The zero-order chi connectivity index (χ0) is 15.0. The van der Waals surface area contributed by atoms with Crippen molar-refractivity contribution in [2.24, 2.45) is 5.92 Å². The smallest absolute Gasteiger partial charge is 0.245 e. The van der Waals surface area contributed by atoms with Crippen molar-refractivity contribution in [3.63, 3.8) is 0 Å². The number of benzene rings is 1. The van der Waals surface area contributed by atoms with Crippen molar-refractivity contribution in [2.75, 3.05) is 6.54 Å². The van der Waals surface area contributed by atoms with E-state index in [-0.39, 0.29) is 23.8 Å². The Morgan fingerprint density at radius 1 is 1.24 bits per heavy atom. The van der Waals surface area contributed by atoms with Gasteiger partial charge in [-0.3, -0.25) is 9.59 Å². The lowest BCUT2D eigenvalue weighted by Crippen LogP contribution is -2.45. The summed E-state index contributed by atoms with van der Waals surface area (Å²) in [6.07, 6.45) is 2.33. The Kier molecular flexibility index (Phi) is 4.09. The van der Waals surface area contributed by atoms with Gasteiger partial charge in [0.25, 0.3) is 0 Å². The number of hydrogen-bond donors (Lipinski definition) is 1. The molecule has 1 aliphatic heterocycles. The summed E-state index contributed by atoms with van der Waals surface area (Å²) in [6.45, 7) is 0.799. The van der Waals surface area contributed by atoms with Crippen LogP contribution in [-0.4, -0.2) is 29.3 Å². The molecule has 1 saturated carbocycles. The average molecular weight is 327 g/mol. The molecule has 0 bridgehead atoms. The molecule has 1 saturated heterocycles. The highest BCUT2D eigenvalue weighted by Crippen LogP contribution is 2.35. The van der Waals surface area contributed by atoms with Gasteiger partial charge < -0.3 is 10.2 Å². The lowest BCUT2D eigenvalue weighted by molar-refractivity contribution is -0.134. The average Bonchev–Trinajstić information content (AvgIpc) is 3.28. The van der Waals surface area contributed by atoms with E-state index in [9.17, 15) is 9.59 Å². The lowest BCUT2D eigenvalue weighted by Gasteiger charge is -2.24. The van der Waals surface area contributed by atoms with Gasteiger partial charge in [-0.1, -0.05) is 35.3 Å². The molecule has 1 N–H and O–H groups in total. The monoisotopic (exact) mass is 326 g/mol. The largest absolute Gasteiger partial charge is 0.344 e. The first kappa shape index (κ1) is 14.7. The van der Waals surface area contributed by atoms with Crippen LogP contribution in [0.3, 0.4) is 0 Å². The number of hydrogen-bond acceptors (Lipinski definition) is 2. The van der Waals surface area contributed by atoms with Crippen molar-refractivity contribution in [2.45, 2.75) is 31.8 Å². The van der Waals surface area contributed by atoms with Crippen molar-refractivity contribution >= 4 is 35.0 Å². The van der Waals surface area contributed by atoms with Crippen LogP contribution < -0.4 is 5.32 Å². The number of carbonyl (C=O) groups excluding carboxylic acids is 2. The van der Waals surface area contributed by atoms with Crippen LogP contribution in [0.15, 0.2) is 18.2 Å². The van der Waals surface area contributed by atoms with Gasteiger partial charge in [0.05, 0.1) is 10.0 Å². The first-order chi connectivity index (χ1) is 10.1. The third-order valence-corrected chi connectivity index (χ3v) is 4.85. The van der Waals surface area contributed by atoms with Gasteiger partial charge >= 0.3 is 0 Å². The summed E-state index contributed by atoms with van der Waals surface area (Å²) in [4.78, 5) is 26.1. The van der Waals surface area contributed by atoms with E-state index < -0.39 is 0 Å². The second kappa shape index (κ2) is 5.85. The second-order valence-electron chi connectivity index (χ2n) is 5.61. The Morgan fingerprint density at radius 3 is 2.71 bits per heavy atom. The summed E-state index contributed by atoms with van der Waals surface area (Å²) in [6, 6.07) is 5.01. The van der Waals surface area contributed by atoms with Crippen LogP contribution in [0.25, 0.3) is 0 Å². The molecule has 1 unspecified atom stereocenters. The summed E-state index contributed by atoms with van der Waals surface area (Å²) in [5.41, 5.74) is 0.807. The first-order valence-electron chi connectivity index (χ1n) is 7.07. The number of rotatable bonds is 3. The third-order valence-electron chi connectivity index (χ3n) is 3.99. The Bertz CT molecular complexity index is 587. The molecular weight excluding hydrogens is 311 g/mol. The molecule has 21 heavy (non-hydrogen) atoms. The molecule has 1 atom stereocenters. The van der Waals surface area contributed by atoms with Crippen molar-refractivity contribution < 1.29 is 9.59 Å². The Hall–Kier alpha value is -1.26. The van der Waals surface area contributed by atoms with E-state index in [2.05, 4.69) is 5.32 Å². The molecule has 4 nitrogen and oxygen atoms in total. The summed E-state index contributed by atoms with van der Waals surface area (Å²) in [5, 5.41) is 3.79. The number of nitrogens with zero attached hydrogens (tertiary/aromatic N) is 1. The molecule has 2 aliphatic rings. The van der Waals surface area contributed by atoms with Gasteiger partial charge in [0.1, 0.15) is 6.04 Å². The fourth-order valence-corrected chi connectivity index (χ4v) is 3.01. The van der Waals surface area contributed by atoms with Crippen LogP contribution in [0.4, 0.5) is 0 Å². The SMILES string of the molecule is O=C1CCN(Cc2cccc(Cl)c2Cl)C(=O)C(C2CC2)N1.